The van der Waals surface area contributed by atoms with Gasteiger partial charge in [0.15, 0.2) is 0 Å². The van der Waals surface area contributed by atoms with E-state index in [0.717, 1.165) is 35.7 Å². The summed E-state index contributed by atoms with van der Waals surface area (Å²) < 4.78 is 2.98. The summed E-state index contributed by atoms with van der Waals surface area (Å²) in [7, 11) is 1.98. The molecule has 0 aliphatic carbocycles. The Kier molecular flexibility index (Phi) is 6.29. The van der Waals surface area contributed by atoms with Crippen LogP contribution in [0, 0.1) is 0 Å². The molecule has 1 aromatic heterocycles. The maximum Gasteiger partial charge on any atom is 0.0663 e. The fourth-order valence-corrected chi connectivity index (χ4v) is 3.53. The molecule has 1 N–H and O–H groups in total. The largest absolute Gasteiger partial charge is 0.314 e. The van der Waals surface area contributed by atoms with E-state index in [1.807, 2.05) is 36.1 Å². The van der Waals surface area contributed by atoms with Crippen LogP contribution in [0.15, 0.2) is 34.9 Å². The number of nitrogens with zero attached hydrogens (tertiary/aromatic N) is 3. The van der Waals surface area contributed by atoms with Gasteiger partial charge in [-0.05, 0) is 27.6 Å². The maximum absolute atomic E-state index is 6.39. The zero-order chi connectivity index (χ0) is 14.8. The van der Waals surface area contributed by atoms with Gasteiger partial charge >= 0.3 is 0 Å². The van der Waals surface area contributed by atoms with Crippen LogP contribution in [0.4, 0.5) is 0 Å². The van der Waals surface area contributed by atoms with Gasteiger partial charge in [-0.2, -0.15) is 5.10 Å². The Balaban J connectivity index is 0.00000176. The number of piperazine rings is 1. The van der Waals surface area contributed by atoms with Crippen molar-refractivity contribution in [2.75, 3.05) is 19.6 Å². The van der Waals surface area contributed by atoms with Crippen molar-refractivity contribution < 1.29 is 0 Å². The number of hydrogen-bond acceptors (Lipinski definition) is 3. The Bertz CT molecular complexity index is 612. The Labute approximate surface area is 150 Å². The summed E-state index contributed by atoms with van der Waals surface area (Å²) in [4.78, 5) is 2.46. The highest BCUT2D eigenvalue weighted by molar-refractivity contribution is 9.10. The number of aromatic nitrogens is 2. The molecule has 2 aromatic rings. The van der Waals surface area contributed by atoms with Crippen LogP contribution >= 0.6 is 39.9 Å². The summed E-state index contributed by atoms with van der Waals surface area (Å²) in [6.45, 7) is 3.76. The lowest BCUT2D eigenvalue weighted by Crippen LogP contribution is -2.45. The minimum Gasteiger partial charge on any atom is -0.314 e. The van der Waals surface area contributed by atoms with E-state index in [-0.39, 0.29) is 18.4 Å². The van der Waals surface area contributed by atoms with Gasteiger partial charge in [0, 0.05) is 44.3 Å². The molecule has 1 saturated heterocycles. The van der Waals surface area contributed by atoms with E-state index >= 15 is 0 Å². The lowest BCUT2D eigenvalue weighted by atomic mass is 10.0. The number of aryl methyl sites for hydroxylation is 1. The Morgan fingerprint density at radius 3 is 2.86 bits per heavy atom. The summed E-state index contributed by atoms with van der Waals surface area (Å²) in [5.74, 6) is 0. The molecule has 1 fully saturated rings. The van der Waals surface area contributed by atoms with Gasteiger partial charge in [0.2, 0.25) is 0 Å². The number of benzene rings is 1. The standard InChI is InChI=1S/C15H18BrClN4.ClH/c1-20-15(12(16)8-19-20)10-21-7-6-18-9-14(21)11-4-2-3-5-13(11)17;/h2-5,8,14,18H,6-7,9-10H2,1H3;1H. The number of hydrogen-bond donors (Lipinski definition) is 1. The van der Waals surface area contributed by atoms with Gasteiger partial charge in [-0.25, -0.2) is 0 Å². The molecule has 1 aromatic carbocycles. The van der Waals surface area contributed by atoms with Gasteiger partial charge in [-0.15, -0.1) is 12.4 Å². The second kappa shape index (κ2) is 7.79. The molecule has 1 aliphatic rings. The van der Waals surface area contributed by atoms with Crippen LogP contribution < -0.4 is 5.32 Å². The third-order valence-electron chi connectivity index (χ3n) is 3.98. The summed E-state index contributed by atoms with van der Waals surface area (Å²) >= 11 is 9.97. The topological polar surface area (TPSA) is 33.1 Å². The van der Waals surface area contributed by atoms with Crippen molar-refractivity contribution in [1.82, 2.24) is 20.0 Å². The van der Waals surface area contributed by atoms with Gasteiger partial charge in [0.1, 0.15) is 0 Å². The molecule has 1 unspecified atom stereocenters. The van der Waals surface area contributed by atoms with Crippen LogP contribution in [0.1, 0.15) is 17.3 Å². The molecule has 1 atom stereocenters. The molecule has 2 heterocycles. The molecule has 0 radical (unpaired) electrons. The van der Waals surface area contributed by atoms with E-state index in [4.69, 9.17) is 11.6 Å². The third kappa shape index (κ3) is 3.66. The van der Waals surface area contributed by atoms with E-state index in [2.05, 4.69) is 37.3 Å². The van der Waals surface area contributed by atoms with Crippen LogP contribution in [0.2, 0.25) is 5.02 Å². The first-order chi connectivity index (χ1) is 10.2. The highest BCUT2D eigenvalue weighted by Crippen LogP contribution is 2.30. The Hall–Kier alpha value is -0.590. The average Bonchev–Trinajstić information content (AvgIpc) is 2.81. The predicted molar refractivity (Wildman–Crippen MR) is 95.6 cm³/mol. The molecule has 0 bridgehead atoms. The summed E-state index contributed by atoms with van der Waals surface area (Å²) in [6, 6.07) is 8.39. The summed E-state index contributed by atoms with van der Waals surface area (Å²) in [5, 5.41) is 8.60. The third-order valence-corrected chi connectivity index (χ3v) is 4.99. The molecule has 3 rings (SSSR count). The maximum atomic E-state index is 6.39. The normalized spacial score (nSPS) is 19.0. The van der Waals surface area contributed by atoms with Gasteiger partial charge in [0.25, 0.3) is 0 Å². The number of nitrogens with one attached hydrogen (secondary N) is 1. The number of halogens is 3. The molecule has 4 nitrogen and oxygen atoms in total. The predicted octanol–water partition coefficient (Wildman–Crippen LogP) is 3.40. The molecule has 7 heteroatoms. The van der Waals surface area contributed by atoms with Crippen LogP contribution in [0.5, 0.6) is 0 Å². The number of rotatable bonds is 3. The molecule has 22 heavy (non-hydrogen) atoms. The quantitative estimate of drug-likeness (QED) is 0.849. The first kappa shape index (κ1) is 17.8. The first-order valence-corrected chi connectivity index (χ1v) is 8.19. The smallest absolute Gasteiger partial charge is 0.0663 e. The average molecular weight is 406 g/mol. The molecule has 0 spiro atoms. The monoisotopic (exact) mass is 404 g/mol. The van der Waals surface area contributed by atoms with E-state index in [1.165, 1.54) is 11.3 Å². The molecule has 1 aliphatic heterocycles. The molecule has 0 amide bonds. The zero-order valence-corrected chi connectivity index (χ0v) is 15.5. The second-order valence-corrected chi connectivity index (χ2v) is 6.54. The van der Waals surface area contributed by atoms with Crippen LogP contribution in [-0.2, 0) is 13.6 Å². The molecule has 0 saturated carbocycles. The SMILES string of the molecule is Cl.Cn1ncc(Br)c1CN1CCNCC1c1ccccc1Cl. The highest BCUT2D eigenvalue weighted by Gasteiger charge is 2.26. The fourth-order valence-electron chi connectivity index (χ4n) is 2.79. The van der Waals surface area contributed by atoms with Crippen molar-refractivity contribution in [2.45, 2.75) is 12.6 Å². The van der Waals surface area contributed by atoms with E-state index < -0.39 is 0 Å². The first-order valence-electron chi connectivity index (χ1n) is 7.02. The second-order valence-electron chi connectivity index (χ2n) is 5.27. The minimum atomic E-state index is 0. The molecular formula is C15H19BrCl2N4. The van der Waals surface area contributed by atoms with Gasteiger partial charge in [0.05, 0.1) is 16.4 Å². The van der Waals surface area contributed by atoms with Crippen molar-refractivity contribution in [3.05, 3.63) is 51.2 Å². The van der Waals surface area contributed by atoms with E-state index in [9.17, 15) is 0 Å². The zero-order valence-electron chi connectivity index (χ0n) is 12.3. The van der Waals surface area contributed by atoms with E-state index in [0.29, 0.717) is 0 Å². The summed E-state index contributed by atoms with van der Waals surface area (Å²) in [6.07, 6.45) is 1.85. The van der Waals surface area contributed by atoms with Crippen LogP contribution in [-0.4, -0.2) is 34.3 Å². The van der Waals surface area contributed by atoms with Crippen molar-refractivity contribution in [3.8, 4) is 0 Å². The lowest BCUT2D eigenvalue weighted by molar-refractivity contribution is 0.150. The van der Waals surface area contributed by atoms with Gasteiger partial charge in [-0.3, -0.25) is 9.58 Å². The van der Waals surface area contributed by atoms with Crippen molar-refractivity contribution in [2.24, 2.45) is 7.05 Å². The van der Waals surface area contributed by atoms with Gasteiger partial charge < -0.3 is 5.32 Å². The van der Waals surface area contributed by atoms with Gasteiger partial charge in [-0.1, -0.05) is 29.8 Å². The van der Waals surface area contributed by atoms with Crippen LogP contribution in [0.3, 0.4) is 0 Å². The van der Waals surface area contributed by atoms with Crippen molar-refractivity contribution in [1.29, 1.82) is 0 Å². The Morgan fingerprint density at radius 2 is 2.18 bits per heavy atom. The minimum absolute atomic E-state index is 0. The fraction of sp³-hybridized carbons (Fsp3) is 0.400. The molecule has 120 valence electrons. The highest BCUT2D eigenvalue weighted by atomic mass is 79.9. The molecular weight excluding hydrogens is 387 g/mol. The lowest BCUT2D eigenvalue weighted by Gasteiger charge is -2.37. The van der Waals surface area contributed by atoms with Crippen LogP contribution in [0.25, 0.3) is 0 Å². The summed E-state index contributed by atoms with van der Waals surface area (Å²) in [5.41, 5.74) is 2.37. The van der Waals surface area contributed by atoms with Crippen molar-refractivity contribution in [3.63, 3.8) is 0 Å². The Morgan fingerprint density at radius 1 is 1.41 bits per heavy atom. The van der Waals surface area contributed by atoms with E-state index in [1.54, 1.807) is 0 Å². The van der Waals surface area contributed by atoms with Crippen molar-refractivity contribution >= 4 is 39.9 Å².